The van der Waals surface area contributed by atoms with Crippen LogP contribution in [0.25, 0.3) is 0 Å². The third kappa shape index (κ3) is 5.63. The highest BCUT2D eigenvalue weighted by atomic mass is 16.5. The topological polar surface area (TPSA) is 59.3 Å². The zero-order chi connectivity index (χ0) is 21.6. The first-order valence-electron chi connectivity index (χ1n) is 12.0. The molecule has 1 aliphatic carbocycles. The first-order valence-corrected chi connectivity index (χ1v) is 12.0. The second-order valence-electron chi connectivity index (χ2n) is 9.55. The highest BCUT2D eigenvalue weighted by molar-refractivity contribution is 5.27. The van der Waals surface area contributed by atoms with Gasteiger partial charge in [-0.1, -0.05) is 45.2 Å². The van der Waals surface area contributed by atoms with E-state index >= 15 is 0 Å². The smallest absolute Gasteiger partial charge is 0.168 e. The molecule has 4 rings (SSSR count). The molecule has 0 radical (unpaired) electrons. The normalized spacial score (nSPS) is 20.3. The Kier molecular flexibility index (Phi) is 7.56. The van der Waals surface area contributed by atoms with Gasteiger partial charge in [0.1, 0.15) is 5.75 Å². The molecule has 0 amide bonds. The van der Waals surface area contributed by atoms with E-state index in [1.807, 2.05) is 16.8 Å². The zero-order valence-corrected chi connectivity index (χ0v) is 19.4. The van der Waals surface area contributed by atoms with Gasteiger partial charge in [-0.15, -0.1) is 5.10 Å². The van der Waals surface area contributed by atoms with Gasteiger partial charge in [0, 0.05) is 32.2 Å². The van der Waals surface area contributed by atoms with E-state index in [1.54, 1.807) is 7.11 Å². The van der Waals surface area contributed by atoms with Gasteiger partial charge >= 0.3 is 0 Å². The van der Waals surface area contributed by atoms with Crippen molar-refractivity contribution in [3.05, 3.63) is 35.7 Å². The molecule has 1 unspecified atom stereocenters. The average molecular weight is 427 g/mol. The molecule has 1 atom stereocenters. The molecule has 1 aromatic heterocycles. The lowest BCUT2D eigenvalue weighted by molar-refractivity contribution is 0.0469. The number of ether oxygens (including phenoxy) is 1. The van der Waals surface area contributed by atoms with Gasteiger partial charge in [0.2, 0.25) is 0 Å². The Balaban J connectivity index is 1.45. The lowest BCUT2D eigenvalue weighted by atomic mass is 9.93. The molecule has 0 bridgehead atoms. The molecule has 0 spiro atoms. The first kappa shape index (κ1) is 22.2. The molecule has 2 fully saturated rings. The van der Waals surface area contributed by atoms with Gasteiger partial charge in [-0.25, -0.2) is 4.68 Å². The van der Waals surface area contributed by atoms with Crippen molar-refractivity contribution < 1.29 is 4.74 Å². The quantitative estimate of drug-likeness (QED) is 0.640. The summed E-state index contributed by atoms with van der Waals surface area (Å²) in [5.74, 6) is 2.46. The molecule has 1 aromatic carbocycles. The van der Waals surface area contributed by atoms with Crippen LogP contribution < -0.4 is 4.74 Å². The van der Waals surface area contributed by atoms with Crippen LogP contribution in [0.1, 0.15) is 69.8 Å². The van der Waals surface area contributed by atoms with Crippen LogP contribution in [0.5, 0.6) is 5.75 Å². The minimum atomic E-state index is 0.266. The standard InChI is InChI=1S/C24H38N6O/c1-19(2)17-23(29-15-13-28(14-16-29)21-7-5-4-6-8-21)24-25-26-27-30(24)18-20-9-11-22(31-3)12-10-20/h9-12,19,21,23H,4-8,13-18H2,1-3H3. The molecule has 2 aromatic rings. The van der Waals surface area contributed by atoms with Crippen LogP contribution in [-0.4, -0.2) is 69.3 Å². The van der Waals surface area contributed by atoms with Crippen molar-refractivity contribution in [2.45, 2.75) is 71.0 Å². The van der Waals surface area contributed by atoms with Gasteiger partial charge in [-0.05, 0) is 53.3 Å². The number of rotatable bonds is 8. The largest absolute Gasteiger partial charge is 0.497 e. The highest BCUT2D eigenvalue weighted by Crippen LogP contribution is 2.30. The number of methoxy groups -OCH3 is 1. The summed E-state index contributed by atoms with van der Waals surface area (Å²) in [7, 11) is 1.69. The minimum Gasteiger partial charge on any atom is -0.497 e. The van der Waals surface area contributed by atoms with Gasteiger partial charge in [0.15, 0.2) is 5.82 Å². The maximum Gasteiger partial charge on any atom is 0.168 e. The van der Waals surface area contributed by atoms with E-state index in [1.165, 1.54) is 50.8 Å². The molecule has 7 heteroatoms. The van der Waals surface area contributed by atoms with E-state index in [0.717, 1.165) is 37.1 Å². The van der Waals surface area contributed by atoms with Gasteiger partial charge in [-0.3, -0.25) is 9.80 Å². The van der Waals surface area contributed by atoms with E-state index in [9.17, 15) is 0 Å². The van der Waals surface area contributed by atoms with E-state index in [4.69, 9.17) is 4.74 Å². The predicted octanol–water partition coefficient (Wildman–Crippen LogP) is 3.77. The Morgan fingerprint density at radius 3 is 2.35 bits per heavy atom. The molecule has 31 heavy (non-hydrogen) atoms. The van der Waals surface area contributed by atoms with Crippen LogP contribution in [0.3, 0.4) is 0 Å². The van der Waals surface area contributed by atoms with Gasteiger partial charge in [-0.2, -0.15) is 0 Å². The van der Waals surface area contributed by atoms with Crippen molar-refractivity contribution >= 4 is 0 Å². The molecule has 170 valence electrons. The van der Waals surface area contributed by atoms with Gasteiger partial charge < -0.3 is 4.74 Å². The van der Waals surface area contributed by atoms with Crippen molar-refractivity contribution in [3.8, 4) is 5.75 Å². The van der Waals surface area contributed by atoms with Crippen LogP contribution >= 0.6 is 0 Å². The molecule has 1 saturated heterocycles. The Hall–Kier alpha value is -1.99. The Labute approximate surface area is 186 Å². The number of tetrazole rings is 1. The molecule has 2 heterocycles. The lowest BCUT2D eigenvalue weighted by Crippen LogP contribution is -2.52. The average Bonchev–Trinajstić information content (AvgIpc) is 3.26. The summed E-state index contributed by atoms with van der Waals surface area (Å²) in [6.07, 6.45) is 8.07. The van der Waals surface area contributed by atoms with Crippen molar-refractivity contribution in [1.82, 2.24) is 30.0 Å². The van der Waals surface area contributed by atoms with Crippen molar-refractivity contribution in [3.63, 3.8) is 0 Å². The van der Waals surface area contributed by atoms with Gasteiger partial charge in [0.25, 0.3) is 0 Å². The van der Waals surface area contributed by atoms with Crippen LogP contribution in [0.2, 0.25) is 0 Å². The van der Waals surface area contributed by atoms with Crippen LogP contribution in [0.15, 0.2) is 24.3 Å². The summed E-state index contributed by atoms with van der Waals surface area (Å²) in [5, 5.41) is 12.9. The highest BCUT2D eigenvalue weighted by Gasteiger charge is 2.32. The Morgan fingerprint density at radius 2 is 1.71 bits per heavy atom. The molecule has 7 nitrogen and oxygen atoms in total. The number of hydrogen-bond donors (Lipinski definition) is 0. The SMILES string of the molecule is COc1ccc(Cn2nnnc2C(CC(C)C)N2CCN(C3CCCCC3)CC2)cc1. The fraction of sp³-hybridized carbons (Fsp3) is 0.708. The maximum atomic E-state index is 5.28. The second kappa shape index (κ2) is 10.6. The molecule has 0 N–H and O–H groups in total. The first-order chi connectivity index (χ1) is 15.1. The van der Waals surface area contributed by atoms with Crippen LogP contribution in [-0.2, 0) is 6.54 Å². The minimum absolute atomic E-state index is 0.266. The number of aromatic nitrogens is 4. The summed E-state index contributed by atoms with van der Waals surface area (Å²) in [6.45, 7) is 9.81. The van der Waals surface area contributed by atoms with Crippen molar-refractivity contribution in [2.75, 3.05) is 33.3 Å². The summed E-state index contributed by atoms with van der Waals surface area (Å²) in [6, 6.07) is 9.24. The zero-order valence-electron chi connectivity index (χ0n) is 19.4. The van der Waals surface area contributed by atoms with Crippen molar-refractivity contribution in [2.24, 2.45) is 5.92 Å². The van der Waals surface area contributed by atoms with E-state index in [-0.39, 0.29) is 6.04 Å². The number of piperazine rings is 1. The summed E-state index contributed by atoms with van der Waals surface area (Å²) in [5.41, 5.74) is 1.18. The lowest BCUT2D eigenvalue weighted by Gasteiger charge is -2.43. The molecule has 1 saturated carbocycles. The Morgan fingerprint density at radius 1 is 1.00 bits per heavy atom. The second-order valence-corrected chi connectivity index (χ2v) is 9.55. The van der Waals surface area contributed by atoms with Crippen LogP contribution in [0, 0.1) is 5.92 Å². The number of nitrogens with zero attached hydrogens (tertiary/aromatic N) is 6. The maximum absolute atomic E-state index is 5.28. The summed E-state index contributed by atoms with van der Waals surface area (Å²) < 4.78 is 7.27. The fourth-order valence-electron chi connectivity index (χ4n) is 5.19. The predicted molar refractivity (Wildman–Crippen MR) is 122 cm³/mol. The number of hydrogen-bond acceptors (Lipinski definition) is 6. The van der Waals surface area contributed by atoms with E-state index in [2.05, 4.69) is 51.3 Å². The molecule has 1 aliphatic heterocycles. The van der Waals surface area contributed by atoms with E-state index < -0.39 is 0 Å². The fourth-order valence-corrected chi connectivity index (χ4v) is 5.19. The summed E-state index contributed by atoms with van der Waals surface area (Å²) >= 11 is 0. The third-order valence-corrected chi connectivity index (χ3v) is 6.92. The Bertz CT molecular complexity index is 791. The third-order valence-electron chi connectivity index (χ3n) is 6.92. The van der Waals surface area contributed by atoms with Crippen LogP contribution in [0.4, 0.5) is 0 Å². The monoisotopic (exact) mass is 426 g/mol. The molecule has 2 aliphatic rings. The molecular formula is C24H38N6O. The van der Waals surface area contributed by atoms with Gasteiger partial charge in [0.05, 0.1) is 19.7 Å². The van der Waals surface area contributed by atoms with Crippen molar-refractivity contribution in [1.29, 1.82) is 0 Å². The van der Waals surface area contributed by atoms with E-state index in [0.29, 0.717) is 12.5 Å². The molecular weight excluding hydrogens is 388 g/mol. The number of benzene rings is 1. The summed E-state index contributed by atoms with van der Waals surface area (Å²) in [4.78, 5) is 5.36.